The third kappa shape index (κ3) is 2.35. The SMILES string of the molecule is CC1(C)C2OCCCC2C1(N)C(=O)N1CCOC2CCCCC21.Cl. The molecule has 2 aliphatic heterocycles. The molecule has 5 unspecified atom stereocenters. The van der Waals surface area contributed by atoms with Crippen LogP contribution in [0.3, 0.4) is 0 Å². The van der Waals surface area contributed by atoms with Crippen LogP contribution in [-0.2, 0) is 14.3 Å². The molecule has 4 aliphatic rings. The van der Waals surface area contributed by atoms with E-state index in [4.69, 9.17) is 15.2 Å². The molecule has 2 aliphatic carbocycles. The highest BCUT2D eigenvalue weighted by atomic mass is 35.5. The van der Waals surface area contributed by atoms with E-state index in [0.29, 0.717) is 13.2 Å². The van der Waals surface area contributed by atoms with Gasteiger partial charge in [-0.3, -0.25) is 4.79 Å². The molecule has 0 aromatic rings. The summed E-state index contributed by atoms with van der Waals surface area (Å²) >= 11 is 0. The highest BCUT2D eigenvalue weighted by Crippen LogP contribution is 2.58. The summed E-state index contributed by atoms with van der Waals surface area (Å²) in [5.41, 5.74) is 5.75. The first-order chi connectivity index (χ1) is 11.0. The first-order valence-corrected chi connectivity index (χ1v) is 9.31. The predicted octanol–water partition coefficient (Wildman–Crippen LogP) is 2.11. The van der Waals surface area contributed by atoms with E-state index in [-0.39, 0.29) is 47.9 Å². The lowest BCUT2D eigenvalue weighted by Crippen LogP contribution is -2.83. The topological polar surface area (TPSA) is 64.8 Å². The minimum Gasteiger partial charge on any atom is -0.377 e. The summed E-state index contributed by atoms with van der Waals surface area (Å²) in [6, 6.07) is 0.227. The van der Waals surface area contributed by atoms with Gasteiger partial charge in [-0.1, -0.05) is 26.7 Å². The molecule has 0 aromatic carbocycles. The molecule has 24 heavy (non-hydrogen) atoms. The fourth-order valence-corrected chi connectivity index (χ4v) is 5.60. The van der Waals surface area contributed by atoms with Gasteiger partial charge in [0.2, 0.25) is 5.91 Å². The van der Waals surface area contributed by atoms with Crippen LogP contribution in [0.4, 0.5) is 0 Å². The van der Waals surface area contributed by atoms with Crippen molar-refractivity contribution in [1.82, 2.24) is 4.90 Å². The minimum absolute atomic E-state index is 0. The van der Waals surface area contributed by atoms with Crippen LogP contribution in [0, 0.1) is 11.3 Å². The number of hydrogen-bond donors (Lipinski definition) is 1. The van der Waals surface area contributed by atoms with Gasteiger partial charge in [0.1, 0.15) is 5.54 Å². The molecule has 0 spiro atoms. The molecule has 2 saturated carbocycles. The van der Waals surface area contributed by atoms with Gasteiger partial charge in [-0.15, -0.1) is 12.4 Å². The molecule has 1 amide bonds. The van der Waals surface area contributed by atoms with Crippen LogP contribution in [0.15, 0.2) is 0 Å². The molecule has 4 fully saturated rings. The van der Waals surface area contributed by atoms with Crippen LogP contribution in [0.25, 0.3) is 0 Å². The van der Waals surface area contributed by atoms with E-state index in [1.807, 2.05) is 0 Å². The molecule has 2 N–H and O–H groups in total. The van der Waals surface area contributed by atoms with Crippen molar-refractivity contribution in [3.8, 4) is 0 Å². The van der Waals surface area contributed by atoms with Gasteiger partial charge in [0.05, 0.1) is 24.9 Å². The molecule has 0 bridgehead atoms. The number of carbonyl (C=O) groups is 1. The Bertz CT molecular complexity index is 499. The average Bonchev–Trinajstić information content (AvgIpc) is 2.60. The van der Waals surface area contributed by atoms with Crippen molar-refractivity contribution in [2.45, 2.75) is 76.2 Å². The van der Waals surface area contributed by atoms with Crippen molar-refractivity contribution in [3.63, 3.8) is 0 Å². The molecule has 2 saturated heterocycles. The third-order valence-electron chi connectivity index (χ3n) is 7.03. The Morgan fingerprint density at radius 1 is 1.08 bits per heavy atom. The molecule has 4 rings (SSSR count). The standard InChI is InChI=1S/C18H30N2O3.ClH/c1-17(2)15-12(6-5-10-23-15)18(17,19)16(21)20-9-11-22-14-8-4-3-7-13(14)20;/h12-15H,3-11,19H2,1-2H3;1H. The first-order valence-electron chi connectivity index (χ1n) is 9.31. The van der Waals surface area contributed by atoms with E-state index in [1.165, 1.54) is 12.8 Å². The lowest BCUT2D eigenvalue weighted by Gasteiger charge is -2.66. The zero-order valence-corrected chi connectivity index (χ0v) is 15.6. The molecule has 6 heteroatoms. The van der Waals surface area contributed by atoms with E-state index < -0.39 is 5.54 Å². The quantitative estimate of drug-likeness (QED) is 0.779. The van der Waals surface area contributed by atoms with Crippen molar-refractivity contribution in [2.24, 2.45) is 17.1 Å². The smallest absolute Gasteiger partial charge is 0.244 e. The number of nitrogens with two attached hydrogens (primary N) is 1. The first kappa shape index (κ1) is 18.4. The summed E-state index contributed by atoms with van der Waals surface area (Å²) in [7, 11) is 0. The van der Waals surface area contributed by atoms with E-state index in [0.717, 1.165) is 32.3 Å². The molecule has 138 valence electrons. The van der Waals surface area contributed by atoms with Gasteiger partial charge >= 0.3 is 0 Å². The molecular formula is C18H31ClN2O3. The number of hydrogen-bond acceptors (Lipinski definition) is 4. The molecule has 5 atom stereocenters. The van der Waals surface area contributed by atoms with Gasteiger partial charge < -0.3 is 20.1 Å². The predicted molar refractivity (Wildman–Crippen MR) is 94.1 cm³/mol. The van der Waals surface area contributed by atoms with Gasteiger partial charge in [-0.2, -0.15) is 0 Å². The number of rotatable bonds is 1. The number of morpholine rings is 1. The molecule has 0 radical (unpaired) electrons. The average molecular weight is 359 g/mol. The highest BCUT2D eigenvalue weighted by Gasteiger charge is 2.71. The Morgan fingerprint density at radius 3 is 2.62 bits per heavy atom. The lowest BCUT2D eigenvalue weighted by molar-refractivity contribution is -0.234. The second-order valence-electron chi connectivity index (χ2n) is 8.39. The van der Waals surface area contributed by atoms with E-state index in [2.05, 4.69) is 18.7 Å². The summed E-state index contributed by atoms with van der Waals surface area (Å²) in [6.45, 7) is 6.35. The highest BCUT2D eigenvalue weighted by molar-refractivity contribution is 5.90. The Kier molecular flexibility index (Phi) is 4.93. The molecule has 0 aromatic heterocycles. The number of ether oxygens (including phenoxy) is 2. The largest absolute Gasteiger partial charge is 0.377 e. The zero-order valence-electron chi connectivity index (χ0n) is 14.8. The number of fused-ring (bicyclic) bond motifs is 2. The zero-order chi connectivity index (χ0) is 16.2. The normalized spacial score (nSPS) is 43.7. The van der Waals surface area contributed by atoms with Crippen molar-refractivity contribution >= 4 is 18.3 Å². The van der Waals surface area contributed by atoms with E-state index in [9.17, 15) is 4.79 Å². The van der Waals surface area contributed by atoms with E-state index in [1.54, 1.807) is 0 Å². The molecular weight excluding hydrogens is 328 g/mol. The maximum Gasteiger partial charge on any atom is 0.244 e. The minimum atomic E-state index is -0.780. The van der Waals surface area contributed by atoms with Gasteiger partial charge in [0.25, 0.3) is 0 Å². The van der Waals surface area contributed by atoms with Gasteiger partial charge in [-0.25, -0.2) is 0 Å². The maximum absolute atomic E-state index is 13.5. The fraction of sp³-hybridized carbons (Fsp3) is 0.944. The monoisotopic (exact) mass is 358 g/mol. The third-order valence-corrected chi connectivity index (χ3v) is 7.03. The Hall–Kier alpha value is -0.360. The van der Waals surface area contributed by atoms with Crippen LogP contribution < -0.4 is 5.73 Å². The van der Waals surface area contributed by atoms with Crippen LogP contribution in [0.2, 0.25) is 0 Å². The van der Waals surface area contributed by atoms with Gasteiger partial charge in [0, 0.05) is 24.5 Å². The summed E-state index contributed by atoms with van der Waals surface area (Å²) in [4.78, 5) is 15.6. The van der Waals surface area contributed by atoms with Crippen molar-refractivity contribution in [1.29, 1.82) is 0 Å². The Labute approximate surface area is 151 Å². The second kappa shape index (κ2) is 6.42. The lowest BCUT2D eigenvalue weighted by atomic mass is 9.46. The number of amides is 1. The van der Waals surface area contributed by atoms with E-state index >= 15 is 0 Å². The van der Waals surface area contributed by atoms with Crippen LogP contribution >= 0.6 is 12.4 Å². The summed E-state index contributed by atoms with van der Waals surface area (Å²) in [6.07, 6.45) is 6.89. The number of carbonyl (C=O) groups excluding carboxylic acids is 1. The summed E-state index contributed by atoms with van der Waals surface area (Å²) < 4.78 is 11.9. The summed E-state index contributed by atoms with van der Waals surface area (Å²) in [5.74, 6) is 0.318. The van der Waals surface area contributed by atoms with Crippen molar-refractivity contribution in [3.05, 3.63) is 0 Å². The second-order valence-corrected chi connectivity index (χ2v) is 8.39. The Balaban J connectivity index is 0.00000169. The van der Waals surface area contributed by atoms with Crippen molar-refractivity contribution in [2.75, 3.05) is 19.8 Å². The molecule has 2 heterocycles. The number of nitrogens with zero attached hydrogens (tertiary/aromatic N) is 1. The fourth-order valence-electron chi connectivity index (χ4n) is 5.60. The number of halogens is 1. The van der Waals surface area contributed by atoms with Crippen LogP contribution in [0.1, 0.15) is 52.4 Å². The van der Waals surface area contributed by atoms with Gasteiger partial charge in [0.15, 0.2) is 0 Å². The van der Waals surface area contributed by atoms with Crippen LogP contribution in [-0.4, -0.2) is 54.4 Å². The van der Waals surface area contributed by atoms with Crippen molar-refractivity contribution < 1.29 is 14.3 Å². The molecule has 5 nitrogen and oxygen atoms in total. The summed E-state index contributed by atoms with van der Waals surface area (Å²) in [5, 5.41) is 0. The van der Waals surface area contributed by atoms with Crippen LogP contribution in [0.5, 0.6) is 0 Å². The Morgan fingerprint density at radius 2 is 1.83 bits per heavy atom. The van der Waals surface area contributed by atoms with Gasteiger partial charge in [-0.05, 0) is 25.7 Å². The maximum atomic E-state index is 13.5.